The summed E-state index contributed by atoms with van der Waals surface area (Å²) in [5.74, 6) is -1.87. The molecule has 1 atom stereocenters. The number of urea groups is 1. The van der Waals surface area contributed by atoms with Crippen molar-refractivity contribution in [1.29, 1.82) is 0 Å². The molecule has 11 heteroatoms. The highest BCUT2D eigenvalue weighted by Gasteiger charge is 2.38. The van der Waals surface area contributed by atoms with Crippen LogP contribution in [-0.2, 0) is 6.18 Å². The number of carbonyl (C=O) groups is 2. The van der Waals surface area contributed by atoms with Crippen molar-refractivity contribution in [1.82, 2.24) is 20.4 Å². The van der Waals surface area contributed by atoms with Gasteiger partial charge in [-0.3, -0.25) is 4.79 Å². The normalized spacial score (nSPS) is 17.4. The molecule has 8 nitrogen and oxygen atoms in total. The van der Waals surface area contributed by atoms with E-state index in [2.05, 4.69) is 20.0 Å². The zero-order chi connectivity index (χ0) is 20.3. The standard InChI is InChI=1S/C17H18F3N5O3/c18-17(19,20)15-23-13(24-28-15)10-4-6-11(7-5-10)14(26)25-8-2-1-3-12(25)9-22-16(21)27/h4-7,12H,1-3,8-9H2,(H3,21,22,27). The molecular weight excluding hydrogens is 379 g/mol. The van der Waals surface area contributed by atoms with Gasteiger partial charge in [-0.2, -0.15) is 18.2 Å². The fourth-order valence-corrected chi connectivity index (χ4v) is 3.08. The topological polar surface area (TPSA) is 114 Å². The van der Waals surface area contributed by atoms with Crippen molar-refractivity contribution in [3.8, 4) is 11.4 Å². The first-order valence-electron chi connectivity index (χ1n) is 8.61. The second-order valence-electron chi connectivity index (χ2n) is 6.39. The first-order valence-corrected chi connectivity index (χ1v) is 8.61. The average Bonchev–Trinajstić information content (AvgIpc) is 3.17. The quantitative estimate of drug-likeness (QED) is 0.822. The van der Waals surface area contributed by atoms with Gasteiger partial charge in [0.2, 0.25) is 5.82 Å². The molecule has 1 unspecified atom stereocenters. The average molecular weight is 397 g/mol. The van der Waals surface area contributed by atoms with E-state index in [1.165, 1.54) is 24.3 Å². The Morgan fingerprint density at radius 1 is 1.25 bits per heavy atom. The number of alkyl halides is 3. The Kier molecular flexibility index (Phi) is 5.52. The number of piperidine rings is 1. The highest BCUT2D eigenvalue weighted by Crippen LogP contribution is 2.29. The van der Waals surface area contributed by atoms with E-state index in [1.54, 1.807) is 4.90 Å². The Hall–Kier alpha value is -3.11. The highest BCUT2D eigenvalue weighted by molar-refractivity contribution is 5.95. The van der Waals surface area contributed by atoms with Gasteiger partial charge in [-0.05, 0) is 31.4 Å². The van der Waals surface area contributed by atoms with Crippen molar-refractivity contribution in [2.75, 3.05) is 13.1 Å². The van der Waals surface area contributed by atoms with Gasteiger partial charge >= 0.3 is 18.1 Å². The number of primary amides is 1. The number of likely N-dealkylation sites (tertiary alicyclic amines) is 1. The molecule has 1 aliphatic heterocycles. The van der Waals surface area contributed by atoms with E-state index in [1.807, 2.05) is 0 Å². The van der Waals surface area contributed by atoms with Crippen LogP contribution in [0.1, 0.15) is 35.5 Å². The highest BCUT2D eigenvalue weighted by atomic mass is 19.4. The van der Waals surface area contributed by atoms with Gasteiger partial charge in [0.25, 0.3) is 5.91 Å². The number of amides is 3. The molecule has 0 bridgehead atoms. The van der Waals surface area contributed by atoms with Crippen LogP contribution in [0.15, 0.2) is 28.8 Å². The third-order valence-corrected chi connectivity index (χ3v) is 4.46. The van der Waals surface area contributed by atoms with Gasteiger partial charge in [0.15, 0.2) is 0 Å². The number of benzene rings is 1. The van der Waals surface area contributed by atoms with E-state index in [4.69, 9.17) is 5.73 Å². The lowest BCUT2D eigenvalue weighted by atomic mass is 10.0. The van der Waals surface area contributed by atoms with Crippen LogP contribution >= 0.6 is 0 Å². The lowest BCUT2D eigenvalue weighted by molar-refractivity contribution is -0.159. The fourth-order valence-electron chi connectivity index (χ4n) is 3.08. The Bertz CT molecular complexity index is 850. The minimum atomic E-state index is -4.72. The van der Waals surface area contributed by atoms with E-state index in [0.717, 1.165) is 19.3 Å². The van der Waals surface area contributed by atoms with E-state index < -0.39 is 18.1 Å². The van der Waals surface area contributed by atoms with Gasteiger partial charge in [-0.1, -0.05) is 17.3 Å². The zero-order valence-electron chi connectivity index (χ0n) is 14.7. The smallest absolute Gasteiger partial charge is 0.352 e. The molecule has 1 aromatic carbocycles. The Labute approximate surface area is 157 Å². The van der Waals surface area contributed by atoms with Crippen molar-refractivity contribution in [2.24, 2.45) is 5.73 Å². The van der Waals surface area contributed by atoms with Gasteiger partial charge < -0.3 is 20.5 Å². The molecule has 3 amide bonds. The van der Waals surface area contributed by atoms with Crippen molar-refractivity contribution < 1.29 is 27.3 Å². The van der Waals surface area contributed by atoms with Crippen molar-refractivity contribution in [2.45, 2.75) is 31.5 Å². The first kappa shape index (κ1) is 19.6. The maximum Gasteiger partial charge on any atom is 0.471 e. The summed E-state index contributed by atoms with van der Waals surface area (Å²) in [4.78, 5) is 28.8. The summed E-state index contributed by atoms with van der Waals surface area (Å²) in [5.41, 5.74) is 5.76. The fraction of sp³-hybridized carbons (Fsp3) is 0.412. The number of hydrogen-bond donors (Lipinski definition) is 2. The summed E-state index contributed by atoms with van der Waals surface area (Å²) >= 11 is 0. The lowest BCUT2D eigenvalue weighted by Crippen LogP contribution is -2.50. The molecule has 3 rings (SSSR count). The number of carbonyl (C=O) groups excluding carboxylic acids is 2. The molecular formula is C17H18F3N5O3. The van der Waals surface area contributed by atoms with Crippen LogP contribution < -0.4 is 11.1 Å². The van der Waals surface area contributed by atoms with E-state index in [-0.39, 0.29) is 24.3 Å². The maximum atomic E-state index is 12.8. The molecule has 0 aliphatic carbocycles. The van der Waals surface area contributed by atoms with E-state index in [9.17, 15) is 22.8 Å². The predicted molar refractivity (Wildman–Crippen MR) is 91.0 cm³/mol. The maximum absolute atomic E-state index is 12.8. The first-order chi connectivity index (χ1) is 13.3. The second-order valence-corrected chi connectivity index (χ2v) is 6.39. The Morgan fingerprint density at radius 2 is 1.96 bits per heavy atom. The summed E-state index contributed by atoms with van der Waals surface area (Å²) in [6.45, 7) is 0.813. The molecule has 2 aromatic rings. The third kappa shape index (κ3) is 4.41. The molecule has 150 valence electrons. The molecule has 1 aliphatic rings. The van der Waals surface area contributed by atoms with Crippen molar-refractivity contribution in [3.05, 3.63) is 35.7 Å². The minimum Gasteiger partial charge on any atom is -0.352 e. The monoisotopic (exact) mass is 397 g/mol. The number of nitrogens with zero attached hydrogens (tertiary/aromatic N) is 3. The summed E-state index contributed by atoms with van der Waals surface area (Å²) in [7, 11) is 0. The third-order valence-electron chi connectivity index (χ3n) is 4.46. The molecule has 0 radical (unpaired) electrons. The largest absolute Gasteiger partial charge is 0.471 e. The summed E-state index contributed by atoms with van der Waals surface area (Å²) in [6, 6.07) is 5.08. The molecule has 0 saturated carbocycles. The van der Waals surface area contributed by atoms with Crippen LogP contribution in [0.5, 0.6) is 0 Å². The van der Waals surface area contributed by atoms with E-state index >= 15 is 0 Å². The molecule has 3 N–H and O–H groups in total. The van der Waals surface area contributed by atoms with Crippen molar-refractivity contribution in [3.63, 3.8) is 0 Å². The Morgan fingerprint density at radius 3 is 2.57 bits per heavy atom. The molecule has 28 heavy (non-hydrogen) atoms. The number of nitrogens with one attached hydrogen (secondary N) is 1. The zero-order valence-corrected chi connectivity index (χ0v) is 14.7. The van der Waals surface area contributed by atoms with Crippen LogP contribution in [-0.4, -0.2) is 46.1 Å². The van der Waals surface area contributed by atoms with Gasteiger partial charge in [0.05, 0.1) is 0 Å². The van der Waals surface area contributed by atoms with Gasteiger partial charge in [0.1, 0.15) is 0 Å². The van der Waals surface area contributed by atoms with Crippen LogP contribution in [0.3, 0.4) is 0 Å². The van der Waals surface area contributed by atoms with Crippen LogP contribution in [0.4, 0.5) is 18.0 Å². The van der Waals surface area contributed by atoms with E-state index in [0.29, 0.717) is 17.7 Å². The van der Waals surface area contributed by atoms with Gasteiger partial charge in [0, 0.05) is 30.3 Å². The second kappa shape index (κ2) is 7.87. The molecule has 1 saturated heterocycles. The number of hydrogen-bond acceptors (Lipinski definition) is 5. The number of nitrogens with two attached hydrogens (primary N) is 1. The molecule has 2 heterocycles. The van der Waals surface area contributed by atoms with Gasteiger partial charge in [-0.25, -0.2) is 4.79 Å². The number of aromatic nitrogens is 2. The SMILES string of the molecule is NC(=O)NCC1CCCCN1C(=O)c1ccc(-c2noc(C(F)(F)F)n2)cc1. The van der Waals surface area contributed by atoms with Crippen LogP contribution in [0.25, 0.3) is 11.4 Å². The molecule has 1 aromatic heterocycles. The summed E-state index contributed by atoms with van der Waals surface area (Å²) in [5, 5.41) is 5.84. The predicted octanol–water partition coefficient (Wildman–Crippen LogP) is 2.42. The molecule has 0 spiro atoms. The Balaban J connectivity index is 1.73. The van der Waals surface area contributed by atoms with Crippen LogP contribution in [0.2, 0.25) is 0 Å². The van der Waals surface area contributed by atoms with Crippen LogP contribution in [0, 0.1) is 0 Å². The van der Waals surface area contributed by atoms with Gasteiger partial charge in [-0.15, -0.1) is 0 Å². The lowest BCUT2D eigenvalue weighted by Gasteiger charge is -2.35. The van der Waals surface area contributed by atoms with Crippen molar-refractivity contribution >= 4 is 11.9 Å². The minimum absolute atomic E-state index is 0.167. The molecule has 1 fully saturated rings. The summed E-state index contributed by atoms with van der Waals surface area (Å²) < 4.78 is 41.9. The summed E-state index contributed by atoms with van der Waals surface area (Å²) in [6.07, 6.45) is -2.19. The number of halogens is 3. The number of rotatable bonds is 4.